The van der Waals surface area contributed by atoms with Gasteiger partial charge in [0.1, 0.15) is 5.82 Å². The zero-order valence-corrected chi connectivity index (χ0v) is 7.92. The first-order valence-electron chi connectivity index (χ1n) is 4.25. The number of aromatic nitrogens is 2. The van der Waals surface area contributed by atoms with Crippen molar-refractivity contribution in [2.45, 2.75) is 0 Å². The highest BCUT2D eigenvalue weighted by Crippen LogP contribution is 2.27. The van der Waals surface area contributed by atoms with Crippen LogP contribution in [0.2, 0.25) is 0 Å². The van der Waals surface area contributed by atoms with Crippen LogP contribution in [0.3, 0.4) is 0 Å². The average molecular weight is 210 g/mol. The van der Waals surface area contributed by atoms with Crippen molar-refractivity contribution in [3.05, 3.63) is 36.0 Å². The molecule has 0 fully saturated rings. The van der Waals surface area contributed by atoms with Gasteiger partial charge in [-0.1, -0.05) is 0 Å². The number of hydrogen-bond acceptors (Lipinski definition) is 2. The first-order valence-corrected chi connectivity index (χ1v) is 4.25. The van der Waals surface area contributed by atoms with Crippen LogP contribution in [0.5, 0.6) is 5.75 Å². The molecule has 5 heteroatoms. The van der Waals surface area contributed by atoms with E-state index in [4.69, 9.17) is 0 Å². The molecule has 0 saturated carbocycles. The summed E-state index contributed by atoms with van der Waals surface area (Å²) in [6.45, 7) is 0. The van der Waals surface area contributed by atoms with E-state index in [1.807, 2.05) is 0 Å². The van der Waals surface area contributed by atoms with E-state index in [0.717, 1.165) is 12.1 Å². The van der Waals surface area contributed by atoms with Crippen molar-refractivity contribution in [3.63, 3.8) is 0 Å². The molecule has 0 aliphatic heterocycles. The van der Waals surface area contributed by atoms with Gasteiger partial charge in [0.05, 0.1) is 12.8 Å². The standard InChI is InChI=1S/C10H8F2N2O/c1-15-10-5-7(11)6(4-8(10)12)9-2-3-13-14-9/h2-5H,1H3,(H,13,14). The summed E-state index contributed by atoms with van der Waals surface area (Å²) in [7, 11) is 1.29. The molecule has 3 nitrogen and oxygen atoms in total. The van der Waals surface area contributed by atoms with Crippen molar-refractivity contribution >= 4 is 0 Å². The Morgan fingerprint density at radius 3 is 2.67 bits per heavy atom. The van der Waals surface area contributed by atoms with E-state index in [1.165, 1.54) is 13.3 Å². The fourth-order valence-electron chi connectivity index (χ4n) is 1.30. The average Bonchev–Trinajstić information content (AvgIpc) is 2.74. The van der Waals surface area contributed by atoms with Crippen molar-refractivity contribution in [2.75, 3.05) is 7.11 Å². The molecular weight excluding hydrogens is 202 g/mol. The Labute approximate surface area is 84.7 Å². The van der Waals surface area contributed by atoms with Crippen molar-refractivity contribution in [2.24, 2.45) is 0 Å². The lowest BCUT2D eigenvalue weighted by Crippen LogP contribution is -1.93. The van der Waals surface area contributed by atoms with Gasteiger partial charge in [0.25, 0.3) is 0 Å². The number of aromatic amines is 1. The monoisotopic (exact) mass is 210 g/mol. The molecule has 0 radical (unpaired) electrons. The predicted octanol–water partition coefficient (Wildman–Crippen LogP) is 2.36. The fourth-order valence-corrected chi connectivity index (χ4v) is 1.30. The first-order chi connectivity index (χ1) is 7.22. The van der Waals surface area contributed by atoms with Crippen LogP contribution in [-0.4, -0.2) is 17.3 Å². The highest BCUT2D eigenvalue weighted by molar-refractivity contribution is 5.60. The van der Waals surface area contributed by atoms with E-state index in [1.54, 1.807) is 6.07 Å². The molecule has 1 heterocycles. The number of benzene rings is 1. The van der Waals surface area contributed by atoms with Gasteiger partial charge < -0.3 is 4.74 Å². The maximum atomic E-state index is 13.5. The van der Waals surface area contributed by atoms with Crippen LogP contribution in [0.25, 0.3) is 11.3 Å². The molecule has 1 aromatic heterocycles. The smallest absolute Gasteiger partial charge is 0.165 e. The van der Waals surface area contributed by atoms with Crippen molar-refractivity contribution < 1.29 is 13.5 Å². The molecule has 1 aromatic carbocycles. The number of H-pyrrole nitrogens is 1. The molecule has 15 heavy (non-hydrogen) atoms. The van der Waals surface area contributed by atoms with Crippen LogP contribution in [0.1, 0.15) is 0 Å². The van der Waals surface area contributed by atoms with Crippen LogP contribution in [0, 0.1) is 11.6 Å². The normalized spacial score (nSPS) is 10.3. The second-order valence-electron chi connectivity index (χ2n) is 2.94. The lowest BCUT2D eigenvalue weighted by atomic mass is 10.1. The predicted molar refractivity (Wildman–Crippen MR) is 50.5 cm³/mol. The number of nitrogens with zero attached hydrogens (tertiary/aromatic N) is 1. The van der Waals surface area contributed by atoms with E-state index in [0.29, 0.717) is 5.69 Å². The third-order valence-corrected chi connectivity index (χ3v) is 2.03. The van der Waals surface area contributed by atoms with E-state index < -0.39 is 11.6 Å². The van der Waals surface area contributed by atoms with Gasteiger partial charge in [-0.2, -0.15) is 5.10 Å². The molecule has 0 amide bonds. The number of ether oxygens (including phenoxy) is 1. The largest absolute Gasteiger partial charge is 0.494 e. The number of methoxy groups -OCH3 is 1. The van der Waals surface area contributed by atoms with Gasteiger partial charge in [0.15, 0.2) is 11.6 Å². The minimum atomic E-state index is -0.608. The lowest BCUT2D eigenvalue weighted by molar-refractivity contribution is 0.383. The third kappa shape index (κ3) is 1.68. The van der Waals surface area contributed by atoms with Gasteiger partial charge in [-0.05, 0) is 12.1 Å². The summed E-state index contributed by atoms with van der Waals surface area (Å²) in [6, 6.07) is 3.64. The Bertz CT molecular complexity index is 469. The van der Waals surface area contributed by atoms with Crippen LogP contribution < -0.4 is 4.74 Å². The molecule has 0 bridgehead atoms. The van der Waals surface area contributed by atoms with E-state index in [-0.39, 0.29) is 11.3 Å². The molecule has 0 unspecified atom stereocenters. The number of hydrogen-bond donors (Lipinski definition) is 1. The van der Waals surface area contributed by atoms with Crippen LogP contribution in [0.4, 0.5) is 8.78 Å². The van der Waals surface area contributed by atoms with Gasteiger partial charge in [-0.15, -0.1) is 0 Å². The molecule has 0 atom stereocenters. The van der Waals surface area contributed by atoms with Crippen LogP contribution in [0.15, 0.2) is 24.4 Å². The number of halogens is 2. The minimum Gasteiger partial charge on any atom is -0.494 e. The summed E-state index contributed by atoms with van der Waals surface area (Å²) in [5, 5.41) is 6.23. The van der Waals surface area contributed by atoms with Gasteiger partial charge in [-0.25, -0.2) is 8.78 Å². The van der Waals surface area contributed by atoms with Gasteiger partial charge >= 0.3 is 0 Å². The maximum Gasteiger partial charge on any atom is 0.165 e. The highest BCUT2D eigenvalue weighted by atomic mass is 19.1. The Morgan fingerprint density at radius 2 is 2.07 bits per heavy atom. The zero-order chi connectivity index (χ0) is 10.8. The Kier molecular flexibility index (Phi) is 2.37. The number of rotatable bonds is 2. The number of nitrogens with one attached hydrogen (secondary N) is 1. The van der Waals surface area contributed by atoms with E-state index in [9.17, 15) is 8.78 Å². The molecule has 0 saturated heterocycles. The molecule has 0 spiro atoms. The summed E-state index contributed by atoms with van der Waals surface area (Å²) < 4.78 is 31.4. The molecular formula is C10H8F2N2O. The molecule has 0 aliphatic rings. The SMILES string of the molecule is COc1cc(F)c(-c2ccn[nH]2)cc1F. The first kappa shape index (κ1) is 9.64. The van der Waals surface area contributed by atoms with Gasteiger partial charge in [0, 0.05) is 17.8 Å². The van der Waals surface area contributed by atoms with Crippen LogP contribution >= 0.6 is 0 Å². The zero-order valence-electron chi connectivity index (χ0n) is 7.92. The van der Waals surface area contributed by atoms with Crippen LogP contribution in [-0.2, 0) is 0 Å². The van der Waals surface area contributed by atoms with Crippen molar-refractivity contribution in [1.29, 1.82) is 0 Å². The molecule has 78 valence electrons. The summed E-state index contributed by atoms with van der Waals surface area (Å²) in [4.78, 5) is 0. The van der Waals surface area contributed by atoms with Gasteiger partial charge in [0.2, 0.25) is 0 Å². The Balaban J connectivity index is 2.55. The van der Waals surface area contributed by atoms with E-state index >= 15 is 0 Å². The summed E-state index contributed by atoms with van der Waals surface area (Å²) >= 11 is 0. The molecule has 2 rings (SSSR count). The minimum absolute atomic E-state index is 0.115. The fraction of sp³-hybridized carbons (Fsp3) is 0.100. The second kappa shape index (κ2) is 3.68. The molecule has 0 aliphatic carbocycles. The van der Waals surface area contributed by atoms with Crippen molar-refractivity contribution in [1.82, 2.24) is 10.2 Å². The maximum absolute atomic E-state index is 13.5. The topological polar surface area (TPSA) is 37.9 Å². The van der Waals surface area contributed by atoms with E-state index in [2.05, 4.69) is 14.9 Å². The quantitative estimate of drug-likeness (QED) is 0.826. The molecule has 2 aromatic rings. The molecule has 1 N–H and O–H groups in total. The third-order valence-electron chi connectivity index (χ3n) is 2.03. The Hall–Kier alpha value is -1.91. The summed E-state index contributed by atoms with van der Waals surface area (Å²) in [6.07, 6.45) is 1.47. The van der Waals surface area contributed by atoms with Gasteiger partial charge in [-0.3, -0.25) is 5.10 Å². The summed E-state index contributed by atoms with van der Waals surface area (Å²) in [5.41, 5.74) is 0.555. The van der Waals surface area contributed by atoms with Crippen molar-refractivity contribution in [3.8, 4) is 17.0 Å². The Morgan fingerprint density at radius 1 is 1.27 bits per heavy atom. The summed E-state index contributed by atoms with van der Waals surface area (Å²) in [5.74, 6) is -1.28. The highest BCUT2D eigenvalue weighted by Gasteiger charge is 2.12. The lowest BCUT2D eigenvalue weighted by Gasteiger charge is -2.05. The second-order valence-corrected chi connectivity index (χ2v) is 2.94.